The zero-order valence-electron chi connectivity index (χ0n) is 17.1. The van der Waals surface area contributed by atoms with Gasteiger partial charge in [0, 0.05) is 19.6 Å². The van der Waals surface area contributed by atoms with E-state index in [1.807, 2.05) is 45.0 Å². The summed E-state index contributed by atoms with van der Waals surface area (Å²) in [6.07, 6.45) is 0. The van der Waals surface area contributed by atoms with Crippen LogP contribution < -0.4 is 15.6 Å². The average molecular weight is 416 g/mol. The van der Waals surface area contributed by atoms with Crippen molar-refractivity contribution in [2.45, 2.75) is 45.6 Å². The van der Waals surface area contributed by atoms with Crippen LogP contribution in [0.25, 0.3) is 11.0 Å². The van der Waals surface area contributed by atoms with Crippen LogP contribution in [-0.2, 0) is 24.4 Å². The lowest BCUT2D eigenvalue weighted by Gasteiger charge is -2.11. The molecule has 1 amide bonds. The minimum Gasteiger partial charge on any atom is -0.497 e. The van der Waals surface area contributed by atoms with Gasteiger partial charge >= 0.3 is 0 Å². The van der Waals surface area contributed by atoms with Crippen molar-refractivity contribution in [3.05, 3.63) is 45.9 Å². The number of nitrogens with one attached hydrogen (secondary N) is 1. The molecule has 3 rings (SSSR count). The summed E-state index contributed by atoms with van der Waals surface area (Å²) in [4.78, 5) is 29.9. The Morgan fingerprint density at radius 3 is 2.76 bits per heavy atom. The SMILES string of the molecule is CCn1c(SCC(=O)NCc2cccc(OC)c2)nc2c(C)nn(CC)c2c1=O. The number of hydrogen-bond acceptors (Lipinski definition) is 6. The molecule has 29 heavy (non-hydrogen) atoms. The highest BCUT2D eigenvalue weighted by Crippen LogP contribution is 2.20. The molecule has 3 aromatic rings. The summed E-state index contributed by atoms with van der Waals surface area (Å²) in [7, 11) is 1.61. The second-order valence-corrected chi connectivity index (χ2v) is 7.40. The van der Waals surface area contributed by atoms with E-state index in [1.54, 1.807) is 16.4 Å². The lowest BCUT2D eigenvalue weighted by Crippen LogP contribution is -2.27. The van der Waals surface area contributed by atoms with Gasteiger partial charge in [-0.2, -0.15) is 5.10 Å². The summed E-state index contributed by atoms with van der Waals surface area (Å²) in [5.74, 6) is 0.789. The molecule has 0 saturated carbocycles. The van der Waals surface area contributed by atoms with Crippen LogP contribution in [0.1, 0.15) is 25.1 Å². The lowest BCUT2D eigenvalue weighted by atomic mass is 10.2. The first-order valence-electron chi connectivity index (χ1n) is 9.48. The zero-order chi connectivity index (χ0) is 21.0. The van der Waals surface area contributed by atoms with Crippen LogP contribution in [0.3, 0.4) is 0 Å². The van der Waals surface area contributed by atoms with Gasteiger partial charge in [-0.05, 0) is 38.5 Å². The van der Waals surface area contributed by atoms with Crippen molar-refractivity contribution in [1.29, 1.82) is 0 Å². The normalized spacial score (nSPS) is 11.0. The van der Waals surface area contributed by atoms with E-state index < -0.39 is 0 Å². The number of aromatic nitrogens is 4. The number of thioether (sulfide) groups is 1. The largest absolute Gasteiger partial charge is 0.497 e. The van der Waals surface area contributed by atoms with Crippen molar-refractivity contribution in [2.75, 3.05) is 12.9 Å². The molecule has 0 atom stereocenters. The van der Waals surface area contributed by atoms with Gasteiger partial charge in [-0.15, -0.1) is 0 Å². The molecule has 0 bridgehead atoms. The number of nitrogens with zero attached hydrogens (tertiary/aromatic N) is 4. The standard InChI is InChI=1S/C20H25N5O3S/c1-5-24-19(27)18-17(13(3)23-25(18)6-2)22-20(24)29-12-16(26)21-11-14-8-7-9-15(10-14)28-4/h7-10H,5-6,11-12H2,1-4H3,(H,21,26). The van der Waals surface area contributed by atoms with E-state index in [9.17, 15) is 9.59 Å². The third-order valence-corrected chi connectivity index (χ3v) is 5.53. The van der Waals surface area contributed by atoms with E-state index >= 15 is 0 Å². The molecule has 0 aliphatic rings. The monoisotopic (exact) mass is 415 g/mol. The number of carbonyl (C=O) groups excluding carboxylic acids is 1. The molecule has 2 aromatic heterocycles. The van der Waals surface area contributed by atoms with Crippen molar-refractivity contribution >= 4 is 28.7 Å². The Bertz CT molecular complexity index is 1090. The van der Waals surface area contributed by atoms with Gasteiger partial charge in [0.25, 0.3) is 5.56 Å². The Hall–Kier alpha value is -2.81. The molecule has 1 aromatic carbocycles. The zero-order valence-corrected chi connectivity index (χ0v) is 17.9. The molecule has 9 heteroatoms. The van der Waals surface area contributed by atoms with Gasteiger partial charge in [0.1, 0.15) is 11.3 Å². The molecule has 1 N–H and O–H groups in total. The number of carbonyl (C=O) groups is 1. The third kappa shape index (κ3) is 4.45. The van der Waals surface area contributed by atoms with E-state index in [1.165, 1.54) is 11.8 Å². The highest BCUT2D eigenvalue weighted by molar-refractivity contribution is 7.99. The molecule has 2 heterocycles. The Kier molecular flexibility index (Phi) is 6.58. The number of amides is 1. The van der Waals surface area contributed by atoms with Crippen molar-refractivity contribution in [3.8, 4) is 5.75 Å². The summed E-state index contributed by atoms with van der Waals surface area (Å²) in [6.45, 7) is 7.16. The van der Waals surface area contributed by atoms with Crippen LogP contribution in [0, 0.1) is 6.92 Å². The number of benzene rings is 1. The number of aryl methyl sites for hydroxylation is 2. The van der Waals surface area contributed by atoms with Gasteiger partial charge in [-0.3, -0.25) is 18.8 Å². The lowest BCUT2D eigenvalue weighted by molar-refractivity contribution is -0.118. The van der Waals surface area contributed by atoms with Crippen LogP contribution in [0.5, 0.6) is 5.75 Å². The minimum atomic E-state index is -0.129. The summed E-state index contributed by atoms with van der Waals surface area (Å²) < 4.78 is 8.47. The Morgan fingerprint density at radius 2 is 2.07 bits per heavy atom. The van der Waals surface area contributed by atoms with E-state index in [-0.39, 0.29) is 17.2 Å². The topological polar surface area (TPSA) is 91.0 Å². The average Bonchev–Trinajstić information content (AvgIpc) is 3.06. The highest BCUT2D eigenvalue weighted by Gasteiger charge is 2.18. The first kappa shape index (κ1) is 20.9. The molecule has 0 fully saturated rings. The summed E-state index contributed by atoms with van der Waals surface area (Å²) in [6, 6.07) is 7.54. The first-order valence-corrected chi connectivity index (χ1v) is 10.5. The number of ether oxygens (including phenoxy) is 1. The van der Waals surface area contributed by atoms with Crippen LogP contribution in [0.2, 0.25) is 0 Å². The number of methoxy groups -OCH3 is 1. The van der Waals surface area contributed by atoms with Crippen molar-refractivity contribution in [2.24, 2.45) is 0 Å². The Balaban J connectivity index is 1.73. The van der Waals surface area contributed by atoms with Crippen molar-refractivity contribution in [1.82, 2.24) is 24.6 Å². The summed E-state index contributed by atoms with van der Waals surface area (Å²) in [5.41, 5.74) is 2.65. The van der Waals surface area contributed by atoms with Gasteiger partial charge < -0.3 is 10.1 Å². The molecular formula is C20H25N5O3S. The fourth-order valence-corrected chi connectivity index (χ4v) is 3.96. The summed E-state index contributed by atoms with van der Waals surface area (Å²) >= 11 is 1.26. The van der Waals surface area contributed by atoms with E-state index in [4.69, 9.17) is 4.74 Å². The predicted molar refractivity (Wildman–Crippen MR) is 113 cm³/mol. The van der Waals surface area contributed by atoms with Crippen molar-refractivity contribution < 1.29 is 9.53 Å². The first-order chi connectivity index (χ1) is 14.0. The van der Waals surface area contributed by atoms with Crippen LogP contribution in [-0.4, -0.2) is 38.1 Å². The van der Waals surface area contributed by atoms with Crippen LogP contribution in [0.15, 0.2) is 34.2 Å². The number of hydrogen-bond donors (Lipinski definition) is 1. The molecular weight excluding hydrogens is 390 g/mol. The number of rotatable bonds is 8. The molecule has 0 aliphatic carbocycles. The fraction of sp³-hybridized carbons (Fsp3) is 0.400. The Labute approximate surface area is 173 Å². The molecule has 0 aliphatic heterocycles. The smallest absolute Gasteiger partial charge is 0.280 e. The fourth-order valence-electron chi connectivity index (χ4n) is 3.07. The molecule has 0 radical (unpaired) electrons. The maximum absolute atomic E-state index is 12.9. The number of fused-ring (bicyclic) bond motifs is 1. The molecule has 8 nitrogen and oxygen atoms in total. The van der Waals surface area contributed by atoms with Gasteiger partial charge in [0.05, 0.1) is 18.6 Å². The van der Waals surface area contributed by atoms with Crippen LogP contribution >= 0.6 is 11.8 Å². The third-order valence-electron chi connectivity index (χ3n) is 4.55. The predicted octanol–water partition coefficient (Wildman–Crippen LogP) is 2.36. The van der Waals surface area contributed by atoms with Gasteiger partial charge in [0.15, 0.2) is 10.7 Å². The summed E-state index contributed by atoms with van der Waals surface area (Å²) in [5, 5.41) is 7.82. The van der Waals surface area contributed by atoms with E-state index in [2.05, 4.69) is 15.4 Å². The Morgan fingerprint density at radius 1 is 1.28 bits per heavy atom. The van der Waals surface area contributed by atoms with Gasteiger partial charge in [0.2, 0.25) is 5.91 Å². The van der Waals surface area contributed by atoms with Crippen molar-refractivity contribution in [3.63, 3.8) is 0 Å². The van der Waals surface area contributed by atoms with Crippen LogP contribution in [0.4, 0.5) is 0 Å². The molecule has 0 spiro atoms. The van der Waals surface area contributed by atoms with E-state index in [0.29, 0.717) is 41.5 Å². The molecule has 0 unspecified atom stereocenters. The highest BCUT2D eigenvalue weighted by atomic mass is 32.2. The van der Waals surface area contributed by atoms with Gasteiger partial charge in [-0.1, -0.05) is 23.9 Å². The van der Waals surface area contributed by atoms with E-state index in [0.717, 1.165) is 11.3 Å². The van der Waals surface area contributed by atoms with Gasteiger partial charge in [-0.25, -0.2) is 4.98 Å². The molecule has 154 valence electrons. The second kappa shape index (κ2) is 9.13. The minimum absolute atomic E-state index is 0.126. The maximum atomic E-state index is 12.9. The second-order valence-electron chi connectivity index (χ2n) is 6.46. The molecule has 0 saturated heterocycles. The maximum Gasteiger partial charge on any atom is 0.280 e. The quantitative estimate of drug-likeness (QED) is 0.449.